The van der Waals surface area contributed by atoms with Crippen LogP contribution in [-0.4, -0.2) is 16.7 Å². The van der Waals surface area contributed by atoms with Gasteiger partial charge in [0.2, 0.25) is 0 Å². The summed E-state index contributed by atoms with van der Waals surface area (Å²) < 4.78 is 5.54. The smallest absolute Gasteiger partial charge is 0.161 e. The Labute approximate surface area is 160 Å². The van der Waals surface area contributed by atoms with E-state index < -0.39 is 0 Å². The van der Waals surface area contributed by atoms with Crippen molar-refractivity contribution in [3.05, 3.63) is 35.0 Å². The van der Waals surface area contributed by atoms with Gasteiger partial charge in [-0.05, 0) is 60.8 Å². The van der Waals surface area contributed by atoms with Gasteiger partial charge in [-0.25, -0.2) is 4.98 Å². The van der Waals surface area contributed by atoms with Gasteiger partial charge in [0, 0.05) is 11.3 Å². The van der Waals surface area contributed by atoms with Gasteiger partial charge in [-0.3, -0.25) is 0 Å². The Morgan fingerprint density at radius 3 is 2.74 bits per heavy atom. The third-order valence-corrected chi connectivity index (χ3v) is 5.48. The number of nitriles is 1. The molecule has 0 fully saturated rings. The van der Waals surface area contributed by atoms with E-state index in [4.69, 9.17) is 10.5 Å². The zero-order valence-corrected chi connectivity index (χ0v) is 16.5. The number of phenols is 1. The number of ether oxygens (including phenoxy) is 1. The third-order valence-electron chi connectivity index (χ3n) is 5.48. The second-order valence-corrected chi connectivity index (χ2v) is 8.21. The van der Waals surface area contributed by atoms with Crippen LogP contribution < -0.4 is 10.5 Å². The monoisotopic (exact) mass is 365 g/mol. The number of hydrogen-bond donors (Lipinski definition) is 2. The first-order valence-corrected chi connectivity index (χ1v) is 9.43. The number of fused-ring (bicyclic) bond motifs is 1. The number of anilines is 1. The highest BCUT2D eigenvalue weighted by Gasteiger charge is 2.32. The van der Waals surface area contributed by atoms with Crippen LogP contribution in [0.25, 0.3) is 11.1 Å². The van der Waals surface area contributed by atoms with Crippen LogP contribution in [0.5, 0.6) is 11.5 Å². The SMILES string of the molecule is CCOc1cc(-c2c(C#N)c(N)nc3c2CC(C(C)(C)C)CC3)ccc1O. The molecule has 0 amide bonds. The molecule has 0 spiro atoms. The molecule has 3 rings (SSSR count). The van der Waals surface area contributed by atoms with Crippen molar-refractivity contribution in [2.45, 2.75) is 47.0 Å². The fraction of sp³-hybridized carbons (Fsp3) is 0.455. The van der Waals surface area contributed by atoms with Crippen LogP contribution >= 0.6 is 0 Å². The number of aromatic hydroxyl groups is 1. The zero-order valence-electron chi connectivity index (χ0n) is 16.5. The predicted molar refractivity (Wildman–Crippen MR) is 107 cm³/mol. The maximum Gasteiger partial charge on any atom is 0.161 e. The number of pyridine rings is 1. The molecule has 0 bridgehead atoms. The molecule has 1 heterocycles. The maximum absolute atomic E-state index is 10.1. The largest absolute Gasteiger partial charge is 0.504 e. The van der Waals surface area contributed by atoms with Crippen molar-refractivity contribution in [1.82, 2.24) is 4.98 Å². The minimum Gasteiger partial charge on any atom is -0.504 e. The quantitative estimate of drug-likeness (QED) is 0.838. The van der Waals surface area contributed by atoms with Crippen LogP contribution in [0.1, 0.15) is 50.9 Å². The van der Waals surface area contributed by atoms with Crippen molar-refractivity contribution in [3.8, 4) is 28.7 Å². The van der Waals surface area contributed by atoms with Crippen LogP contribution in [0.4, 0.5) is 5.82 Å². The molecule has 2 aromatic rings. The van der Waals surface area contributed by atoms with E-state index in [2.05, 4.69) is 31.8 Å². The van der Waals surface area contributed by atoms with Gasteiger partial charge in [-0.1, -0.05) is 26.8 Å². The van der Waals surface area contributed by atoms with E-state index in [0.29, 0.717) is 23.8 Å². The number of nitrogens with zero attached hydrogens (tertiary/aromatic N) is 2. The molecule has 3 N–H and O–H groups in total. The van der Waals surface area contributed by atoms with E-state index >= 15 is 0 Å². The number of phenolic OH excluding ortho intramolecular Hbond substituents is 1. The molecule has 1 unspecified atom stereocenters. The van der Waals surface area contributed by atoms with Crippen LogP contribution in [-0.2, 0) is 12.8 Å². The average molecular weight is 365 g/mol. The highest BCUT2D eigenvalue weighted by molar-refractivity contribution is 5.80. The minimum atomic E-state index is 0.0857. The summed E-state index contributed by atoms with van der Waals surface area (Å²) in [4.78, 5) is 4.54. The lowest BCUT2D eigenvalue weighted by molar-refractivity contribution is 0.215. The second kappa shape index (κ2) is 7.11. The number of benzene rings is 1. The molecule has 5 nitrogen and oxygen atoms in total. The molecule has 5 heteroatoms. The molecule has 1 atom stereocenters. The van der Waals surface area contributed by atoms with Gasteiger partial charge in [-0.15, -0.1) is 0 Å². The number of nitrogen functional groups attached to an aromatic ring is 1. The van der Waals surface area contributed by atoms with Crippen molar-refractivity contribution >= 4 is 5.82 Å². The number of hydrogen-bond acceptors (Lipinski definition) is 5. The molecule has 1 aliphatic carbocycles. The Morgan fingerprint density at radius 2 is 2.11 bits per heavy atom. The summed E-state index contributed by atoms with van der Waals surface area (Å²) in [5, 5.41) is 19.8. The van der Waals surface area contributed by atoms with Crippen molar-refractivity contribution in [1.29, 1.82) is 5.26 Å². The first kappa shape index (κ1) is 19.0. The van der Waals surface area contributed by atoms with Gasteiger partial charge >= 0.3 is 0 Å². The van der Waals surface area contributed by atoms with Gasteiger partial charge in [-0.2, -0.15) is 5.26 Å². The Hall–Kier alpha value is -2.74. The summed E-state index contributed by atoms with van der Waals surface area (Å²) in [6, 6.07) is 7.45. The first-order valence-electron chi connectivity index (χ1n) is 9.43. The molecule has 1 aromatic carbocycles. The maximum atomic E-state index is 10.1. The number of nitrogens with two attached hydrogens (primary N) is 1. The van der Waals surface area contributed by atoms with Gasteiger partial charge in [0.1, 0.15) is 17.5 Å². The molecular weight excluding hydrogens is 338 g/mol. The van der Waals surface area contributed by atoms with Crippen molar-refractivity contribution in [2.75, 3.05) is 12.3 Å². The summed E-state index contributed by atoms with van der Waals surface area (Å²) in [5.74, 6) is 1.27. The molecule has 142 valence electrons. The summed E-state index contributed by atoms with van der Waals surface area (Å²) in [5.41, 5.74) is 10.4. The number of aromatic nitrogens is 1. The Kier molecular flexibility index (Phi) is 5.01. The number of aryl methyl sites for hydroxylation is 1. The summed E-state index contributed by atoms with van der Waals surface area (Å²) in [6.45, 7) is 9.09. The van der Waals surface area contributed by atoms with E-state index in [1.54, 1.807) is 12.1 Å². The molecule has 1 aromatic heterocycles. The molecule has 0 aliphatic heterocycles. The lowest BCUT2D eigenvalue weighted by atomic mass is 9.70. The highest BCUT2D eigenvalue weighted by atomic mass is 16.5. The Morgan fingerprint density at radius 1 is 1.37 bits per heavy atom. The average Bonchev–Trinajstić information content (AvgIpc) is 2.61. The molecule has 0 radical (unpaired) electrons. The van der Waals surface area contributed by atoms with Gasteiger partial charge in [0.25, 0.3) is 0 Å². The normalized spacial score (nSPS) is 16.5. The topological polar surface area (TPSA) is 92.2 Å². The minimum absolute atomic E-state index is 0.0857. The molecule has 0 saturated heterocycles. The molecular formula is C22H27N3O2. The fourth-order valence-corrected chi connectivity index (χ4v) is 3.89. The molecule has 1 aliphatic rings. The van der Waals surface area contributed by atoms with E-state index in [-0.39, 0.29) is 17.0 Å². The highest BCUT2D eigenvalue weighted by Crippen LogP contribution is 2.43. The Balaban J connectivity index is 2.22. The van der Waals surface area contributed by atoms with E-state index in [0.717, 1.165) is 41.6 Å². The Bertz CT molecular complexity index is 907. The van der Waals surface area contributed by atoms with Crippen molar-refractivity contribution in [3.63, 3.8) is 0 Å². The third kappa shape index (κ3) is 3.57. The number of rotatable bonds is 3. The van der Waals surface area contributed by atoms with E-state index in [1.165, 1.54) is 0 Å². The van der Waals surface area contributed by atoms with Crippen molar-refractivity contribution in [2.24, 2.45) is 11.3 Å². The first-order chi connectivity index (χ1) is 12.8. The van der Waals surface area contributed by atoms with Crippen LogP contribution in [0.15, 0.2) is 18.2 Å². The summed E-state index contributed by atoms with van der Waals surface area (Å²) >= 11 is 0. The zero-order chi connectivity index (χ0) is 19.8. The standard InChI is InChI=1S/C22H27N3O2/c1-5-27-19-10-13(6-9-18(19)26)20-15-11-14(22(2,3)4)7-8-17(15)25-21(24)16(20)12-23/h6,9-10,14,26H,5,7-8,11H2,1-4H3,(H2,24,25). The van der Waals surface area contributed by atoms with E-state index in [9.17, 15) is 10.4 Å². The van der Waals surface area contributed by atoms with Crippen LogP contribution in [0.2, 0.25) is 0 Å². The van der Waals surface area contributed by atoms with Gasteiger partial charge in [0.15, 0.2) is 11.5 Å². The predicted octanol–water partition coefficient (Wildman–Crippen LogP) is 4.46. The summed E-state index contributed by atoms with van der Waals surface area (Å²) in [7, 11) is 0. The second-order valence-electron chi connectivity index (χ2n) is 8.21. The lowest BCUT2D eigenvalue weighted by Gasteiger charge is -2.35. The summed E-state index contributed by atoms with van der Waals surface area (Å²) in [6.07, 6.45) is 2.78. The molecule has 0 saturated carbocycles. The van der Waals surface area contributed by atoms with Gasteiger partial charge < -0.3 is 15.6 Å². The van der Waals surface area contributed by atoms with Crippen LogP contribution in [0.3, 0.4) is 0 Å². The molecule has 27 heavy (non-hydrogen) atoms. The lowest BCUT2D eigenvalue weighted by Crippen LogP contribution is -2.28. The van der Waals surface area contributed by atoms with Crippen LogP contribution in [0, 0.1) is 22.7 Å². The van der Waals surface area contributed by atoms with Gasteiger partial charge in [0.05, 0.1) is 6.61 Å². The van der Waals surface area contributed by atoms with Crippen molar-refractivity contribution < 1.29 is 9.84 Å². The van der Waals surface area contributed by atoms with E-state index in [1.807, 2.05) is 13.0 Å². The fourth-order valence-electron chi connectivity index (χ4n) is 3.89.